The summed E-state index contributed by atoms with van der Waals surface area (Å²) in [5.74, 6) is 0.163. The van der Waals surface area contributed by atoms with E-state index in [1.54, 1.807) is 0 Å². The molecule has 4 aromatic rings. The van der Waals surface area contributed by atoms with E-state index in [1.165, 1.54) is 11.1 Å². The smallest absolute Gasteiger partial charge is 0.246 e. The number of hydrogen-bond donors (Lipinski definition) is 0. The Hall–Kier alpha value is -3.51. The second-order valence-corrected chi connectivity index (χ2v) is 9.10. The molecule has 1 amide bonds. The molecule has 6 rings (SSSR count). The van der Waals surface area contributed by atoms with Gasteiger partial charge in [-0.2, -0.15) is 15.0 Å². The number of carbonyl (C=O) groups excluding carboxylic acids is 1. The summed E-state index contributed by atoms with van der Waals surface area (Å²) < 4.78 is 0. The molecule has 6 nitrogen and oxygen atoms in total. The fourth-order valence-electron chi connectivity index (χ4n) is 5.37. The Morgan fingerprint density at radius 3 is 2.15 bits per heavy atom. The van der Waals surface area contributed by atoms with Gasteiger partial charge in [0, 0.05) is 5.69 Å². The van der Waals surface area contributed by atoms with E-state index in [9.17, 15) is 4.79 Å². The first-order chi connectivity index (χ1) is 16.2. The summed E-state index contributed by atoms with van der Waals surface area (Å²) >= 11 is 0. The molecule has 1 aromatic heterocycles. The van der Waals surface area contributed by atoms with Crippen LogP contribution >= 0.6 is 0 Å². The summed E-state index contributed by atoms with van der Waals surface area (Å²) in [7, 11) is 0. The van der Waals surface area contributed by atoms with Crippen LogP contribution < -0.4 is 4.90 Å². The van der Waals surface area contributed by atoms with Crippen LogP contribution in [0.4, 0.5) is 5.69 Å². The van der Waals surface area contributed by atoms with Gasteiger partial charge in [-0.15, -0.1) is 0 Å². The Kier molecular flexibility index (Phi) is 4.95. The third kappa shape index (κ3) is 3.51. The Labute approximate surface area is 193 Å². The highest BCUT2D eigenvalue weighted by atomic mass is 16.2. The molecule has 166 valence electrons. The predicted octanol–water partition coefficient (Wildman–Crippen LogP) is 4.71. The number of fused-ring (bicyclic) bond motifs is 2. The Morgan fingerprint density at radius 1 is 0.818 bits per heavy atom. The second-order valence-electron chi connectivity index (χ2n) is 9.10. The van der Waals surface area contributed by atoms with Gasteiger partial charge in [-0.3, -0.25) is 9.69 Å². The molecular weight excluding hydrogens is 410 g/mol. The van der Waals surface area contributed by atoms with Gasteiger partial charge >= 0.3 is 0 Å². The number of amides is 1. The fraction of sp³-hybridized carbons (Fsp3) is 0.296. The summed E-state index contributed by atoms with van der Waals surface area (Å²) in [6.07, 6.45) is 3.53. The van der Waals surface area contributed by atoms with Crippen molar-refractivity contribution in [3.63, 3.8) is 0 Å². The van der Waals surface area contributed by atoms with E-state index < -0.39 is 0 Å². The zero-order valence-corrected chi connectivity index (χ0v) is 18.7. The van der Waals surface area contributed by atoms with Crippen LogP contribution in [0.15, 0.2) is 78.9 Å². The largest absolute Gasteiger partial charge is 0.295 e. The van der Waals surface area contributed by atoms with E-state index in [1.807, 2.05) is 52.2 Å². The van der Waals surface area contributed by atoms with Crippen molar-refractivity contribution in [1.82, 2.24) is 19.9 Å². The van der Waals surface area contributed by atoms with Gasteiger partial charge in [0.1, 0.15) is 17.2 Å². The lowest BCUT2D eigenvalue weighted by molar-refractivity contribution is -0.120. The molecule has 0 spiro atoms. The Balaban J connectivity index is 1.43. The molecule has 1 unspecified atom stereocenters. The van der Waals surface area contributed by atoms with Crippen molar-refractivity contribution < 1.29 is 4.79 Å². The molecule has 3 heterocycles. The summed E-state index contributed by atoms with van der Waals surface area (Å²) in [4.78, 5) is 20.2. The lowest BCUT2D eigenvalue weighted by Crippen LogP contribution is -2.48. The molecule has 2 aliphatic heterocycles. The van der Waals surface area contributed by atoms with Crippen molar-refractivity contribution >= 4 is 22.6 Å². The highest BCUT2D eigenvalue weighted by Gasteiger charge is 2.51. The first-order valence-electron chi connectivity index (χ1n) is 11.7. The van der Waals surface area contributed by atoms with Gasteiger partial charge in [-0.1, -0.05) is 60.2 Å². The average Bonchev–Trinajstić information content (AvgIpc) is 3.40. The number of anilines is 1. The zero-order chi connectivity index (χ0) is 22.4. The summed E-state index contributed by atoms with van der Waals surface area (Å²) in [6, 6.07) is 26.3. The molecule has 0 bridgehead atoms. The van der Waals surface area contributed by atoms with Crippen LogP contribution in [0.3, 0.4) is 0 Å². The molecule has 3 aromatic carbocycles. The van der Waals surface area contributed by atoms with Gasteiger partial charge in [-0.25, -0.2) is 4.90 Å². The number of piperidine rings is 1. The number of hydrogen-bond acceptors (Lipinski definition) is 4. The molecule has 0 aliphatic carbocycles. The molecule has 2 aliphatic rings. The molecule has 33 heavy (non-hydrogen) atoms. The fourth-order valence-corrected chi connectivity index (χ4v) is 5.37. The van der Waals surface area contributed by atoms with Gasteiger partial charge in [0.05, 0.1) is 12.2 Å². The minimum absolute atomic E-state index is 0.00165. The molecular formula is C27H27N5O. The monoisotopic (exact) mass is 437 g/mol. The Morgan fingerprint density at radius 2 is 1.45 bits per heavy atom. The Bertz CT molecular complexity index is 1250. The number of aromatic nitrogens is 3. The van der Waals surface area contributed by atoms with Crippen molar-refractivity contribution in [3.05, 3.63) is 90.0 Å². The van der Waals surface area contributed by atoms with Gasteiger partial charge in [0.15, 0.2) is 0 Å². The summed E-state index contributed by atoms with van der Waals surface area (Å²) in [5, 5.41) is 9.61. The average molecular weight is 438 g/mol. The number of carbonyl (C=O) groups is 1. The van der Waals surface area contributed by atoms with Crippen LogP contribution in [0, 0.1) is 6.92 Å². The van der Waals surface area contributed by atoms with E-state index in [0.29, 0.717) is 6.42 Å². The van der Waals surface area contributed by atoms with Gasteiger partial charge in [-0.05, 0) is 62.4 Å². The van der Waals surface area contributed by atoms with Crippen molar-refractivity contribution in [2.45, 2.75) is 51.0 Å². The maximum atomic E-state index is 13.9. The van der Waals surface area contributed by atoms with Crippen molar-refractivity contribution in [2.24, 2.45) is 0 Å². The van der Waals surface area contributed by atoms with E-state index in [-0.39, 0.29) is 24.3 Å². The first kappa shape index (κ1) is 20.1. The SMILES string of the molecule is Cc1ccc(N2C(=O)[C@H](Cc3ccccc3)N3C(n4nc5ccccc5n4)CCC[C@@H]23)cc1. The zero-order valence-electron chi connectivity index (χ0n) is 18.7. The summed E-state index contributed by atoms with van der Waals surface area (Å²) in [5.41, 5.74) is 5.11. The number of benzene rings is 3. The molecule has 2 saturated heterocycles. The minimum Gasteiger partial charge on any atom is -0.295 e. The topological polar surface area (TPSA) is 54.3 Å². The molecule has 3 atom stereocenters. The maximum absolute atomic E-state index is 13.9. The lowest BCUT2D eigenvalue weighted by atomic mass is 10.0. The molecule has 0 N–H and O–H groups in total. The van der Waals surface area contributed by atoms with Crippen LogP contribution in [-0.4, -0.2) is 38.0 Å². The third-order valence-corrected chi connectivity index (χ3v) is 6.95. The van der Waals surface area contributed by atoms with Crippen molar-refractivity contribution in [1.29, 1.82) is 0 Å². The van der Waals surface area contributed by atoms with Crippen molar-refractivity contribution in [3.8, 4) is 0 Å². The van der Waals surface area contributed by atoms with E-state index in [4.69, 9.17) is 10.2 Å². The highest BCUT2D eigenvalue weighted by Crippen LogP contribution is 2.41. The third-order valence-electron chi connectivity index (χ3n) is 6.95. The van der Waals surface area contributed by atoms with Crippen LogP contribution in [-0.2, 0) is 11.2 Å². The summed E-state index contributed by atoms with van der Waals surface area (Å²) in [6.45, 7) is 2.07. The van der Waals surface area contributed by atoms with Crippen LogP contribution in [0.1, 0.15) is 36.6 Å². The van der Waals surface area contributed by atoms with E-state index in [0.717, 1.165) is 36.0 Å². The highest BCUT2D eigenvalue weighted by molar-refractivity contribution is 6.00. The quantitative estimate of drug-likeness (QED) is 0.464. The molecule has 6 heteroatoms. The minimum atomic E-state index is -0.252. The van der Waals surface area contributed by atoms with Crippen molar-refractivity contribution in [2.75, 3.05) is 4.90 Å². The standard InChI is InChI=1S/C27H27N5O/c1-19-14-16-21(17-15-19)30-25-12-7-13-26(32-28-22-10-5-6-11-23(22)29-32)31(25)24(27(30)33)18-20-8-3-2-4-9-20/h2-6,8-11,14-17,24-26H,7,12-13,18H2,1H3/t24-,25-,26?/m0/s1. The maximum Gasteiger partial charge on any atom is 0.246 e. The molecule has 0 radical (unpaired) electrons. The normalized spacial score (nSPS) is 23.2. The van der Waals surface area contributed by atoms with E-state index in [2.05, 4.69) is 48.2 Å². The van der Waals surface area contributed by atoms with Gasteiger partial charge in [0.25, 0.3) is 0 Å². The van der Waals surface area contributed by atoms with Crippen LogP contribution in [0.25, 0.3) is 11.0 Å². The van der Waals surface area contributed by atoms with Gasteiger partial charge in [0.2, 0.25) is 5.91 Å². The van der Waals surface area contributed by atoms with E-state index >= 15 is 0 Å². The lowest BCUT2D eigenvalue weighted by Gasteiger charge is -2.40. The predicted molar refractivity (Wildman–Crippen MR) is 129 cm³/mol. The van der Waals surface area contributed by atoms with Crippen LogP contribution in [0.2, 0.25) is 0 Å². The molecule has 0 saturated carbocycles. The number of nitrogens with zero attached hydrogens (tertiary/aromatic N) is 5. The van der Waals surface area contributed by atoms with Crippen LogP contribution in [0.5, 0.6) is 0 Å². The number of rotatable bonds is 4. The number of aryl methyl sites for hydroxylation is 1. The van der Waals surface area contributed by atoms with Gasteiger partial charge < -0.3 is 0 Å². The second kappa shape index (κ2) is 8.12. The molecule has 2 fully saturated rings. The first-order valence-corrected chi connectivity index (χ1v) is 11.7.